The van der Waals surface area contributed by atoms with Crippen LogP contribution in [0, 0.1) is 0 Å². The molecule has 2 aliphatic rings. The molecule has 2 saturated heterocycles. The first kappa shape index (κ1) is 22.7. The molecule has 2 aromatic carbocycles. The first-order valence-corrected chi connectivity index (χ1v) is 11.9. The highest BCUT2D eigenvalue weighted by atomic mass is 35.5. The van der Waals surface area contributed by atoms with Crippen molar-refractivity contribution < 1.29 is 19.0 Å². The van der Waals surface area contributed by atoms with Gasteiger partial charge in [-0.15, -0.1) is 0 Å². The van der Waals surface area contributed by atoms with E-state index < -0.39 is 0 Å². The van der Waals surface area contributed by atoms with Crippen LogP contribution in [0.2, 0.25) is 5.02 Å². The second-order valence-electron chi connectivity index (χ2n) is 8.78. The maximum Gasteiger partial charge on any atom is 0.410 e. The molecule has 0 spiro atoms. The predicted octanol–water partition coefficient (Wildman–Crippen LogP) is 5.06. The lowest BCUT2D eigenvalue weighted by atomic mass is 10.0. The number of likely N-dealkylation sites (tertiary alicyclic amines) is 1. The van der Waals surface area contributed by atoms with Crippen LogP contribution < -0.4 is 9.47 Å². The number of methoxy groups -OCH3 is 2. The SMILES string of the molecule is COc1ccc2nccc(C3CN(C4CCN(Cc5ccc(OC)c(Cl)c5)CC4)C(=O)O3)c2c1. The van der Waals surface area contributed by atoms with E-state index in [0.29, 0.717) is 17.3 Å². The topological polar surface area (TPSA) is 64.1 Å². The molecule has 5 rings (SSSR count). The van der Waals surface area contributed by atoms with Crippen LogP contribution in [-0.2, 0) is 11.3 Å². The number of ether oxygens (including phenoxy) is 3. The zero-order chi connectivity index (χ0) is 23.7. The first-order chi connectivity index (χ1) is 16.6. The van der Waals surface area contributed by atoms with Gasteiger partial charge in [-0.3, -0.25) is 9.88 Å². The van der Waals surface area contributed by atoms with Crippen LogP contribution >= 0.6 is 11.6 Å². The average Bonchev–Trinajstić information content (AvgIpc) is 3.25. The minimum atomic E-state index is -0.315. The quantitative estimate of drug-likeness (QED) is 0.490. The van der Waals surface area contributed by atoms with Gasteiger partial charge in [-0.05, 0) is 54.8 Å². The third kappa shape index (κ3) is 4.50. The highest BCUT2D eigenvalue weighted by Gasteiger charge is 2.38. The molecule has 1 aromatic heterocycles. The predicted molar refractivity (Wildman–Crippen MR) is 131 cm³/mol. The summed E-state index contributed by atoms with van der Waals surface area (Å²) < 4.78 is 16.5. The molecule has 3 heterocycles. The van der Waals surface area contributed by atoms with Crippen LogP contribution in [-0.4, -0.2) is 60.8 Å². The Morgan fingerprint density at radius 3 is 2.65 bits per heavy atom. The van der Waals surface area contributed by atoms with E-state index in [0.717, 1.165) is 60.3 Å². The van der Waals surface area contributed by atoms with E-state index in [1.165, 1.54) is 0 Å². The molecule has 1 unspecified atom stereocenters. The lowest BCUT2D eigenvalue weighted by Crippen LogP contribution is -2.45. The molecule has 0 N–H and O–H groups in total. The summed E-state index contributed by atoms with van der Waals surface area (Å²) in [6.45, 7) is 3.21. The number of rotatable bonds is 6. The van der Waals surface area contributed by atoms with E-state index in [9.17, 15) is 4.79 Å². The summed E-state index contributed by atoms with van der Waals surface area (Å²) in [6, 6.07) is 13.8. The number of hydrogen-bond acceptors (Lipinski definition) is 6. The van der Waals surface area contributed by atoms with Crippen LogP contribution in [0.25, 0.3) is 10.9 Å². The zero-order valence-electron chi connectivity index (χ0n) is 19.4. The Balaban J connectivity index is 1.23. The van der Waals surface area contributed by atoms with Gasteiger partial charge in [-0.1, -0.05) is 17.7 Å². The molecule has 2 aliphatic heterocycles. The van der Waals surface area contributed by atoms with Crippen molar-refractivity contribution in [2.24, 2.45) is 0 Å². The standard InChI is InChI=1S/C26H28ClN3O4/c1-32-19-4-5-23-21(14-19)20(7-10-28-23)25-16-30(26(31)34-25)18-8-11-29(12-9-18)15-17-3-6-24(33-2)22(27)13-17/h3-7,10,13-14,18,25H,8-9,11-12,15-16H2,1-2H3. The smallest absolute Gasteiger partial charge is 0.410 e. The number of cyclic esters (lactones) is 1. The lowest BCUT2D eigenvalue weighted by molar-refractivity contribution is 0.110. The van der Waals surface area contributed by atoms with Crippen LogP contribution in [0.15, 0.2) is 48.7 Å². The normalized spacial score (nSPS) is 19.4. The summed E-state index contributed by atoms with van der Waals surface area (Å²) >= 11 is 6.28. The van der Waals surface area contributed by atoms with Crippen LogP contribution in [0.3, 0.4) is 0 Å². The number of piperidine rings is 1. The van der Waals surface area contributed by atoms with Crippen molar-refractivity contribution in [3.8, 4) is 11.5 Å². The summed E-state index contributed by atoms with van der Waals surface area (Å²) in [6.07, 6.45) is 3.04. The number of fused-ring (bicyclic) bond motifs is 1. The number of benzene rings is 2. The molecule has 0 aliphatic carbocycles. The molecule has 7 nitrogen and oxygen atoms in total. The Kier molecular flexibility index (Phi) is 6.48. The van der Waals surface area contributed by atoms with E-state index in [-0.39, 0.29) is 18.2 Å². The fourth-order valence-corrected chi connectivity index (χ4v) is 5.23. The van der Waals surface area contributed by atoms with Crippen LogP contribution in [0.4, 0.5) is 4.79 Å². The lowest BCUT2D eigenvalue weighted by Gasteiger charge is -2.35. The highest BCUT2D eigenvalue weighted by molar-refractivity contribution is 6.32. The van der Waals surface area contributed by atoms with E-state index >= 15 is 0 Å². The van der Waals surface area contributed by atoms with Gasteiger partial charge in [0.2, 0.25) is 0 Å². The van der Waals surface area contributed by atoms with Gasteiger partial charge in [0.05, 0.1) is 31.3 Å². The number of nitrogens with zero attached hydrogens (tertiary/aromatic N) is 3. The Labute approximate surface area is 204 Å². The van der Waals surface area contributed by atoms with Gasteiger partial charge >= 0.3 is 6.09 Å². The third-order valence-electron chi connectivity index (χ3n) is 6.79. The second kappa shape index (κ2) is 9.68. The Morgan fingerprint density at radius 2 is 1.91 bits per heavy atom. The van der Waals surface area contributed by atoms with Crippen molar-refractivity contribution >= 4 is 28.6 Å². The molecule has 0 saturated carbocycles. The molecule has 34 heavy (non-hydrogen) atoms. The molecule has 0 radical (unpaired) electrons. The largest absolute Gasteiger partial charge is 0.497 e. The zero-order valence-corrected chi connectivity index (χ0v) is 20.1. The minimum Gasteiger partial charge on any atom is -0.497 e. The van der Waals surface area contributed by atoms with Crippen molar-refractivity contribution in [2.45, 2.75) is 31.5 Å². The van der Waals surface area contributed by atoms with Crippen LogP contribution in [0.5, 0.6) is 11.5 Å². The second-order valence-corrected chi connectivity index (χ2v) is 9.19. The third-order valence-corrected chi connectivity index (χ3v) is 7.09. The Morgan fingerprint density at radius 1 is 1.09 bits per heavy atom. The van der Waals surface area contributed by atoms with Gasteiger partial charge in [0.25, 0.3) is 0 Å². The van der Waals surface area contributed by atoms with Crippen molar-refractivity contribution in [1.29, 1.82) is 0 Å². The van der Waals surface area contributed by atoms with Gasteiger partial charge in [0, 0.05) is 42.8 Å². The van der Waals surface area contributed by atoms with Gasteiger partial charge in [-0.25, -0.2) is 4.79 Å². The summed E-state index contributed by atoms with van der Waals surface area (Å²) in [5.74, 6) is 1.44. The highest BCUT2D eigenvalue weighted by Crippen LogP contribution is 2.35. The number of halogens is 1. The fourth-order valence-electron chi connectivity index (χ4n) is 4.95. The average molecular weight is 482 g/mol. The summed E-state index contributed by atoms with van der Waals surface area (Å²) in [7, 11) is 3.26. The van der Waals surface area contributed by atoms with Crippen LogP contribution in [0.1, 0.15) is 30.1 Å². The fraction of sp³-hybridized carbons (Fsp3) is 0.385. The number of pyridine rings is 1. The van der Waals surface area contributed by atoms with E-state index in [1.54, 1.807) is 20.4 Å². The van der Waals surface area contributed by atoms with Gasteiger partial charge in [-0.2, -0.15) is 0 Å². The van der Waals surface area contributed by atoms with Crippen molar-refractivity contribution in [1.82, 2.24) is 14.8 Å². The van der Waals surface area contributed by atoms with Gasteiger partial charge in [0.15, 0.2) is 0 Å². The molecule has 8 heteroatoms. The molecular weight excluding hydrogens is 454 g/mol. The number of hydrogen-bond donors (Lipinski definition) is 0. The summed E-state index contributed by atoms with van der Waals surface area (Å²) in [5, 5.41) is 1.58. The molecule has 1 atom stereocenters. The number of carbonyl (C=O) groups excluding carboxylic acids is 1. The molecular formula is C26H28ClN3O4. The van der Waals surface area contributed by atoms with Crippen molar-refractivity contribution in [3.63, 3.8) is 0 Å². The molecule has 3 aromatic rings. The molecule has 1 amide bonds. The minimum absolute atomic E-state index is 0.177. The van der Waals surface area contributed by atoms with E-state index in [1.807, 2.05) is 47.4 Å². The Hall–Kier alpha value is -3.03. The Bertz CT molecular complexity index is 1200. The first-order valence-electron chi connectivity index (χ1n) is 11.5. The number of aromatic nitrogens is 1. The summed E-state index contributed by atoms with van der Waals surface area (Å²) in [4.78, 5) is 21.6. The molecule has 178 valence electrons. The van der Waals surface area contributed by atoms with Crippen molar-refractivity contribution in [2.75, 3.05) is 33.9 Å². The maximum absolute atomic E-state index is 12.8. The van der Waals surface area contributed by atoms with Gasteiger partial charge < -0.3 is 19.1 Å². The number of carbonyl (C=O) groups is 1. The van der Waals surface area contributed by atoms with E-state index in [2.05, 4.69) is 9.88 Å². The summed E-state index contributed by atoms with van der Waals surface area (Å²) in [5.41, 5.74) is 2.98. The molecule has 2 fully saturated rings. The molecule has 0 bridgehead atoms. The van der Waals surface area contributed by atoms with Crippen molar-refractivity contribution in [3.05, 3.63) is 64.8 Å². The maximum atomic E-state index is 12.8. The monoisotopic (exact) mass is 481 g/mol. The van der Waals surface area contributed by atoms with Gasteiger partial charge in [0.1, 0.15) is 17.6 Å². The van der Waals surface area contributed by atoms with E-state index in [4.69, 9.17) is 25.8 Å². The number of amides is 1.